The van der Waals surface area contributed by atoms with Crippen LogP contribution in [0.2, 0.25) is 10.0 Å². The number of carbonyl (C=O) groups excluding carboxylic acids is 2. The lowest BCUT2D eigenvalue weighted by atomic mass is 9.67. The van der Waals surface area contributed by atoms with Gasteiger partial charge in [0.1, 0.15) is 6.04 Å². The van der Waals surface area contributed by atoms with Crippen LogP contribution < -0.4 is 5.32 Å². The minimum Gasteiger partial charge on any atom is -0.350 e. The number of piperidine rings is 1. The van der Waals surface area contributed by atoms with Gasteiger partial charge in [0.05, 0.1) is 11.5 Å². The Balaban J connectivity index is 2.24. The van der Waals surface area contributed by atoms with Crippen LogP contribution >= 0.6 is 23.2 Å². The van der Waals surface area contributed by atoms with Gasteiger partial charge in [0.15, 0.2) is 0 Å². The summed E-state index contributed by atoms with van der Waals surface area (Å²) < 4.78 is 0. The molecule has 2 aromatic carbocycles. The fourth-order valence-corrected chi connectivity index (χ4v) is 5.52. The molecule has 188 valence electrons. The highest BCUT2D eigenvalue weighted by molar-refractivity contribution is 6.30. The van der Waals surface area contributed by atoms with Crippen LogP contribution in [0.5, 0.6) is 0 Å². The number of benzene rings is 2. The fourth-order valence-electron chi connectivity index (χ4n) is 5.19. The molecule has 1 N–H and O–H groups in total. The first-order valence-corrected chi connectivity index (χ1v) is 12.9. The van der Waals surface area contributed by atoms with Crippen molar-refractivity contribution in [3.8, 4) is 0 Å². The second kappa shape index (κ2) is 10.8. The maximum absolute atomic E-state index is 14.2. The predicted octanol–water partition coefficient (Wildman–Crippen LogP) is 7.33. The van der Waals surface area contributed by atoms with Gasteiger partial charge in [0, 0.05) is 21.5 Å². The number of amides is 2. The number of allylic oxidation sites excluding steroid dienone is 1. The van der Waals surface area contributed by atoms with E-state index in [1.165, 1.54) is 0 Å². The molecule has 3 rings (SSSR count). The Morgan fingerprint density at radius 2 is 1.83 bits per heavy atom. The van der Waals surface area contributed by atoms with E-state index in [-0.39, 0.29) is 23.8 Å². The summed E-state index contributed by atoms with van der Waals surface area (Å²) in [7, 11) is 0. The molecule has 6 heteroatoms. The molecule has 1 aliphatic rings. The largest absolute Gasteiger partial charge is 0.350 e. The third-order valence-electron chi connectivity index (χ3n) is 6.71. The van der Waals surface area contributed by atoms with Crippen LogP contribution in [0, 0.1) is 5.41 Å². The lowest BCUT2D eigenvalue weighted by Crippen LogP contribution is -2.60. The molecule has 1 fully saturated rings. The van der Waals surface area contributed by atoms with E-state index < -0.39 is 17.0 Å². The molecule has 1 aliphatic heterocycles. The highest BCUT2D eigenvalue weighted by Gasteiger charge is 2.52. The topological polar surface area (TPSA) is 49.4 Å². The van der Waals surface area contributed by atoms with E-state index in [0.29, 0.717) is 29.3 Å². The van der Waals surface area contributed by atoms with E-state index in [1.54, 1.807) is 6.08 Å². The zero-order valence-corrected chi connectivity index (χ0v) is 22.8. The highest BCUT2D eigenvalue weighted by Crippen LogP contribution is 2.52. The first-order chi connectivity index (χ1) is 16.4. The Bertz CT molecular complexity index is 1080. The van der Waals surface area contributed by atoms with Crippen LogP contribution in [0.15, 0.2) is 61.2 Å². The molecule has 1 saturated heterocycles. The minimum absolute atomic E-state index is 0.0356. The van der Waals surface area contributed by atoms with Gasteiger partial charge in [-0.25, -0.2) is 0 Å². The molecule has 0 bridgehead atoms. The lowest BCUT2D eigenvalue weighted by Gasteiger charge is -2.51. The van der Waals surface area contributed by atoms with Crippen molar-refractivity contribution in [2.75, 3.05) is 0 Å². The monoisotopic (exact) mass is 514 g/mol. The average Bonchev–Trinajstić information content (AvgIpc) is 2.77. The van der Waals surface area contributed by atoms with Crippen molar-refractivity contribution in [3.05, 3.63) is 82.4 Å². The van der Waals surface area contributed by atoms with E-state index >= 15 is 0 Å². The molecule has 4 unspecified atom stereocenters. The van der Waals surface area contributed by atoms with Gasteiger partial charge in [0.2, 0.25) is 11.8 Å². The predicted molar refractivity (Wildman–Crippen MR) is 145 cm³/mol. The smallest absolute Gasteiger partial charge is 0.243 e. The summed E-state index contributed by atoms with van der Waals surface area (Å²) in [5.74, 6) is -0.263. The Labute approximate surface area is 219 Å². The first kappa shape index (κ1) is 27.3. The number of likely N-dealkylation sites (tertiary alicyclic amines) is 1. The first-order valence-electron chi connectivity index (χ1n) is 12.2. The van der Waals surface area contributed by atoms with Crippen molar-refractivity contribution >= 4 is 35.0 Å². The van der Waals surface area contributed by atoms with Crippen molar-refractivity contribution in [3.63, 3.8) is 0 Å². The minimum atomic E-state index is -0.701. The molecular formula is C29H36Cl2N2O2. The normalized spacial score (nSPS) is 23.6. The van der Waals surface area contributed by atoms with Crippen LogP contribution in [-0.4, -0.2) is 28.3 Å². The third kappa shape index (κ3) is 6.10. The SMILES string of the molecule is C=CCC1(C)CC(c2cccc(Cl)c2)C(c2ccc(Cl)cc2)N(C(CC)C(=O)NC(C)(C)C)C1=O. The van der Waals surface area contributed by atoms with Crippen molar-refractivity contribution in [1.29, 1.82) is 0 Å². The second-order valence-electron chi connectivity index (χ2n) is 10.8. The maximum Gasteiger partial charge on any atom is 0.243 e. The van der Waals surface area contributed by atoms with Crippen molar-refractivity contribution in [1.82, 2.24) is 10.2 Å². The molecule has 2 amide bonds. The number of rotatable bonds is 7. The van der Waals surface area contributed by atoms with Gasteiger partial charge in [-0.3, -0.25) is 9.59 Å². The number of carbonyl (C=O) groups is 2. The average molecular weight is 516 g/mol. The Morgan fingerprint density at radius 3 is 2.37 bits per heavy atom. The summed E-state index contributed by atoms with van der Waals surface area (Å²) in [4.78, 5) is 29.6. The quantitative estimate of drug-likeness (QED) is 0.393. The van der Waals surface area contributed by atoms with Crippen molar-refractivity contribution in [2.24, 2.45) is 5.41 Å². The van der Waals surface area contributed by atoms with E-state index in [2.05, 4.69) is 18.0 Å². The summed E-state index contributed by atoms with van der Waals surface area (Å²) in [6.07, 6.45) is 3.41. The summed E-state index contributed by atoms with van der Waals surface area (Å²) in [5.41, 5.74) is 0.856. The van der Waals surface area contributed by atoms with Gasteiger partial charge in [-0.1, -0.05) is 67.4 Å². The molecule has 4 nitrogen and oxygen atoms in total. The van der Waals surface area contributed by atoms with Crippen molar-refractivity contribution < 1.29 is 9.59 Å². The van der Waals surface area contributed by atoms with Gasteiger partial charge in [-0.15, -0.1) is 6.58 Å². The molecular weight excluding hydrogens is 479 g/mol. The molecule has 0 spiro atoms. The fraction of sp³-hybridized carbons (Fsp3) is 0.448. The van der Waals surface area contributed by atoms with Crippen LogP contribution in [-0.2, 0) is 9.59 Å². The standard InChI is InChI=1S/C29H36Cl2N2O2/c1-7-16-29(6)18-23(20-10-9-11-22(31)17-20)25(19-12-14-21(30)15-13-19)33(27(29)35)24(8-2)26(34)32-28(3,4)5/h7,9-15,17,23-25H,1,8,16,18H2,2-6H3,(H,32,34). The molecule has 2 aromatic rings. The van der Waals surface area contributed by atoms with Gasteiger partial charge in [-0.05, 0) is 75.4 Å². The summed E-state index contributed by atoms with van der Waals surface area (Å²) in [6.45, 7) is 13.7. The maximum atomic E-state index is 14.2. The van der Waals surface area contributed by atoms with Crippen molar-refractivity contribution in [2.45, 2.75) is 77.4 Å². The molecule has 0 aliphatic carbocycles. The lowest BCUT2D eigenvalue weighted by molar-refractivity contribution is -0.159. The molecule has 0 aromatic heterocycles. The summed E-state index contributed by atoms with van der Waals surface area (Å²) in [6, 6.07) is 14.4. The summed E-state index contributed by atoms with van der Waals surface area (Å²) >= 11 is 12.6. The number of nitrogens with one attached hydrogen (secondary N) is 1. The van der Waals surface area contributed by atoms with Crippen LogP contribution in [0.4, 0.5) is 0 Å². The highest BCUT2D eigenvalue weighted by atomic mass is 35.5. The third-order valence-corrected chi connectivity index (χ3v) is 7.20. The molecule has 1 heterocycles. The van der Waals surface area contributed by atoms with Crippen LogP contribution in [0.3, 0.4) is 0 Å². The zero-order valence-electron chi connectivity index (χ0n) is 21.3. The van der Waals surface area contributed by atoms with Gasteiger partial charge in [0.25, 0.3) is 0 Å². The molecule has 0 radical (unpaired) electrons. The van der Waals surface area contributed by atoms with E-state index in [4.69, 9.17) is 23.2 Å². The Kier molecular flexibility index (Phi) is 8.39. The zero-order chi connectivity index (χ0) is 26.0. The van der Waals surface area contributed by atoms with E-state index in [9.17, 15) is 9.59 Å². The number of halogens is 2. The number of nitrogens with zero attached hydrogens (tertiary/aromatic N) is 1. The molecule has 35 heavy (non-hydrogen) atoms. The Morgan fingerprint density at radius 1 is 1.17 bits per heavy atom. The van der Waals surface area contributed by atoms with E-state index in [0.717, 1.165) is 11.1 Å². The van der Waals surface area contributed by atoms with E-state index in [1.807, 2.05) is 82.0 Å². The summed E-state index contributed by atoms with van der Waals surface area (Å²) in [5, 5.41) is 4.36. The molecule has 0 saturated carbocycles. The Hall–Kier alpha value is -2.30. The second-order valence-corrected chi connectivity index (χ2v) is 11.7. The molecule has 4 atom stereocenters. The van der Waals surface area contributed by atoms with Gasteiger partial charge >= 0.3 is 0 Å². The van der Waals surface area contributed by atoms with Crippen LogP contribution in [0.1, 0.15) is 77.0 Å². The van der Waals surface area contributed by atoms with Crippen LogP contribution in [0.25, 0.3) is 0 Å². The number of hydrogen-bond donors (Lipinski definition) is 1. The van der Waals surface area contributed by atoms with Gasteiger partial charge < -0.3 is 10.2 Å². The number of hydrogen-bond acceptors (Lipinski definition) is 2. The van der Waals surface area contributed by atoms with Gasteiger partial charge in [-0.2, -0.15) is 0 Å².